The topological polar surface area (TPSA) is 95.7 Å². The summed E-state index contributed by atoms with van der Waals surface area (Å²) in [7, 11) is 0. The fourth-order valence-electron chi connectivity index (χ4n) is 1.92. The molecule has 0 aliphatic carbocycles. The van der Waals surface area contributed by atoms with Crippen LogP contribution in [-0.2, 0) is 0 Å². The van der Waals surface area contributed by atoms with Crippen molar-refractivity contribution >= 4 is 28.4 Å². The maximum atomic E-state index is 9.38. The summed E-state index contributed by atoms with van der Waals surface area (Å²) in [6.45, 7) is 0. The van der Waals surface area contributed by atoms with Gasteiger partial charge in [0, 0.05) is 0 Å². The van der Waals surface area contributed by atoms with Gasteiger partial charge in [-0.1, -0.05) is 18.2 Å². The maximum Gasteiger partial charge on any atom is 0.138 e. The zero-order valence-electron chi connectivity index (χ0n) is 12.7. The molecule has 0 fully saturated rings. The summed E-state index contributed by atoms with van der Waals surface area (Å²) in [6.07, 6.45) is 0. The summed E-state index contributed by atoms with van der Waals surface area (Å²) in [5.41, 5.74) is 8.66. The Labute approximate surface area is 139 Å². The Morgan fingerprint density at radius 1 is 0.583 bits per heavy atom. The molecule has 0 spiro atoms. The Bertz CT molecular complexity index is 874. The van der Waals surface area contributed by atoms with Crippen LogP contribution in [0.3, 0.4) is 0 Å². The Kier molecular flexibility index (Phi) is 4.57. The van der Waals surface area contributed by atoms with Crippen LogP contribution in [0.25, 0.3) is 0 Å². The van der Waals surface area contributed by atoms with Gasteiger partial charge in [0.05, 0.1) is 28.4 Å². The fraction of sp³-hybridized carbons (Fsp3) is 0. The van der Waals surface area contributed by atoms with Crippen LogP contribution in [0.4, 0.5) is 28.4 Å². The smallest absolute Gasteiger partial charge is 0.138 e. The summed E-state index contributed by atoms with van der Waals surface area (Å²) in [4.78, 5) is 0. The predicted molar refractivity (Wildman–Crippen MR) is 93.8 cm³/mol. The molecule has 6 nitrogen and oxygen atoms in total. The van der Waals surface area contributed by atoms with Crippen LogP contribution in [0.2, 0.25) is 0 Å². The summed E-state index contributed by atoms with van der Waals surface area (Å²) >= 11 is 0. The molecule has 3 aromatic carbocycles. The molecule has 3 rings (SSSR count). The number of hydrogen-bond acceptors (Lipinski definition) is 6. The molecule has 24 heavy (non-hydrogen) atoms. The number of nitrogens with two attached hydrogens (primary N) is 1. The molecule has 3 aromatic rings. The van der Waals surface area contributed by atoms with Gasteiger partial charge in [-0.3, -0.25) is 0 Å². The van der Waals surface area contributed by atoms with E-state index in [4.69, 9.17) is 5.73 Å². The van der Waals surface area contributed by atoms with Gasteiger partial charge in [0.1, 0.15) is 5.75 Å². The van der Waals surface area contributed by atoms with Crippen LogP contribution in [-0.4, -0.2) is 5.11 Å². The molecule has 0 radical (unpaired) electrons. The number of phenols is 1. The van der Waals surface area contributed by atoms with E-state index in [0.717, 1.165) is 11.4 Å². The Hall–Kier alpha value is -3.54. The van der Waals surface area contributed by atoms with E-state index in [1.165, 1.54) is 6.07 Å². The van der Waals surface area contributed by atoms with Crippen molar-refractivity contribution in [1.29, 1.82) is 0 Å². The third-order valence-corrected chi connectivity index (χ3v) is 3.18. The van der Waals surface area contributed by atoms with Crippen LogP contribution >= 0.6 is 0 Å². The van der Waals surface area contributed by atoms with Crippen LogP contribution in [0.5, 0.6) is 5.75 Å². The molecule has 0 aliphatic rings. The van der Waals surface area contributed by atoms with Crippen molar-refractivity contribution in [3.8, 4) is 5.75 Å². The molecular weight excluding hydrogens is 302 g/mol. The van der Waals surface area contributed by atoms with Gasteiger partial charge in [0.2, 0.25) is 0 Å². The molecule has 0 aliphatic heterocycles. The molecular formula is C18H15N5O. The summed E-state index contributed by atoms with van der Waals surface area (Å²) in [5.74, 6) is 0.0297. The highest BCUT2D eigenvalue weighted by molar-refractivity contribution is 5.59. The molecule has 0 aromatic heterocycles. The quantitative estimate of drug-likeness (QED) is 0.361. The highest BCUT2D eigenvalue weighted by Crippen LogP contribution is 2.27. The number of rotatable bonds is 4. The number of nitrogens with zero attached hydrogens (tertiary/aromatic N) is 4. The average Bonchev–Trinajstić information content (AvgIpc) is 2.63. The molecule has 0 unspecified atom stereocenters. The van der Waals surface area contributed by atoms with Crippen molar-refractivity contribution in [1.82, 2.24) is 0 Å². The minimum absolute atomic E-state index is 0.0297. The van der Waals surface area contributed by atoms with Crippen molar-refractivity contribution in [2.24, 2.45) is 20.5 Å². The van der Waals surface area contributed by atoms with E-state index in [9.17, 15) is 5.11 Å². The molecule has 0 heterocycles. The van der Waals surface area contributed by atoms with E-state index < -0.39 is 0 Å². The number of azo groups is 2. The lowest BCUT2D eigenvalue weighted by atomic mass is 10.2. The highest BCUT2D eigenvalue weighted by Gasteiger charge is 1.98. The standard InChI is InChI=1S/C18H15N5O/c19-17-12-16(10-11-18(17)24)23-22-15-8-6-14(7-9-15)21-20-13-4-2-1-3-5-13/h1-12,24H,19H2. The molecule has 0 saturated carbocycles. The number of hydrogen-bond donors (Lipinski definition) is 2. The lowest BCUT2D eigenvalue weighted by Crippen LogP contribution is -1.83. The van der Waals surface area contributed by atoms with Crippen molar-refractivity contribution in [3.05, 3.63) is 72.8 Å². The third-order valence-electron chi connectivity index (χ3n) is 3.18. The van der Waals surface area contributed by atoms with Crippen LogP contribution in [0.15, 0.2) is 93.3 Å². The largest absolute Gasteiger partial charge is 0.506 e. The zero-order valence-corrected chi connectivity index (χ0v) is 12.7. The average molecular weight is 317 g/mol. The molecule has 6 heteroatoms. The van der Waals surface area contributed by atoms with Crippen LogP contribution in [0.1, 0.15) is 0 Å². The van der Waals surface area contributed by atoms with E-state index in [1.54, 1.807) is 24.3 Å². The Morgan fingerprint density at radius 2 is 1.04 bits per heavy atom. The van der Waals surface area contributed by atoms with Crippen molar-refractivity contribution in [2.75, 3.05) is 5.73 Å². The molecule has 118 valence electrons. The minimum Gasteiger partial charge on any atom is -0.506 e. The number of phenolic OH excluding ortho intramolecular Hbond substituents is 1. The van der Waals surface area contributed by atoms with E-state index >= 15 is 0 Å². The first kappa shape index (κ1) is 15.4. The second kappa shape index (κ2) is 7.15. The summed E-state index contributed by atoms with van der Waals surface area (Å²) in [5, 5.41) is 25.9. The first-order chi connectivity index (χ1) is 11.7. The normalized spacial score (nSPS) is 11.3. The van der Waals surface area contributed by atoms with Gasteiger partial charge in [-0.15, -0.1) is 0 Å². The van der Waals surface area contributed by atoms with Gasteiger partial charge in [0.25, 0.3) is 0 Å². The van der Waals surface area contributed by atoms with E-state index in [1.807, 2.05) is 42.5 Å². The molecule has 0 amide bonds. The lowest BCUT2D eigenvalue weighted by molar-refractivity contribution is 0.478. The minimum atomic E-state index is 0.0297. The molecule has 0 bridgehead atoms. The third kappa shape index (κ3) is 4.01. The van der Waals surface area contributed by atoms with Crippen LogP contribution < -0.4 is 5.73 Å². The number of anilines is 1. The number of aromatic hydroxyl groups is 1. The lowest BCUT2D eigenvalue weighted by Gasteiger charge is -1.98. The fourth-order valence-corrected chi connectivity index (χ4v) is 1.92. The summed E-state index contributed by atoms with van der Waals surface area (Å²) in [6, 6.07) is 21.4. The SMILES string of the molecule is Nc1cc(N=Nc2ccc(N=Nc3ccccc3)cc2)ccc1O. The second-order valence-electron chi connectivity index (χ2n) is 5.00. The Balaban J connectivity index is 1.69. The second-order valence-corrected chi connectivity index (χ2v) is 5.00. The van der Waals surface area contributed by atoms with Crippen LogP contribution in [0, 0.1) is 0 Å². The monoisotopic (exact) mass is 317 g/mol. The van der Waals surface area contributed by atoms with E-state index in [2.05, 4.69) is 20.5 Å². The first-order valence-electron chi connectivity index (χ1n) is 7.28. The molecule has 3 N–H and O–H groups in total. The number of nitrogen functional groups attached to an aromatic ring is 1. The number of benzene rings is 3. The van der Waals surface area contributed by atoms with E-state index in [-0.39, 0.29) is 11.4 Å². The molecule has 0 atom stereocenters. The van der Waals surface area contributed by atoms with Gasteiger partial charge in [-0.05, 0) is 54.6 Å². The predicted octanol–water partition coefficient (Wildman–Crippen LogP) is 5.81. The van der Waals surface area contributed by atoms with Gasteiger partial charge in [0.15, 0.2) is 0 Å². The summed E-state index contributed by atoms with van der Waals surface area (Å²) < 4.78 is 0. The van der Waals surface area contributed by atoms with Gasteiger partial charge in [-0.2, -0.15) is 20.5 Å². The van der Waals surface area contributed by atoms with Crippen molar-refractivity contribution in [2.45, 2.75) is 0 Å². The van der Waals surface area contributed by atoms with E-state index in [0.29, 0.717) is 11.4 Å². The van der Waals surface area contributed by atoms with Crippen molar-refractivity contribution < 1.29 is 5.11 Å². The van der Waals surface area contributed by atoms with Crippen molar-refractivity contribution in [3.63, 3.8) is 0 Å². The Morgan fingerprint density at radius 3 is 1.58 bits per heavy atom. The van der Waals surface area contributed by atoms with Gasteiger partial charge >= 0.3 is 0 Å². The molecule has 0 saturated heterocycles. The first-order valence-corrected chi connectivity index (χ1v) is 7.28. The van der Waals surface area contributed by atoms with Gasteiger partial charge < -0.3 is 10.8 Å². The maximum absolute atomic E-state index is 9.38. The van der Waals surface area contributed by atoms with Gasteiger partial charge in [-0.25, -0.2) is 0 Å². The zero-order chi connectivity index (χ0) is 16.8. The highest BCUT2D eigenvalue weighted by atomic mass is 16.3.